The van der Waals surface area contributed by atoms with E-state index >= 15 is 0 Å². The molecule has 0 bridgehead atoms. The first-order valence-electron chi connectivity index (χ1n) is 8.73. The first kappa shape index (κ1) is 19.2. The molecule has 1 aliphatic heterocycles. The molecule has 0 radical (unpaired) electrons. The van der Waals surface area contributed by atoms with E-state index in [0.29, 0.717) is 5.56 Å². The lowest BCUT2D eigenvalue weighted by Crippen LogP contribution is -2.36. The summed E-state index contributed by atoms with van der Waals surface area (Å²) in [6, 6.07) is 10.0. The molecule has 1 aromatic heterocycles. The number of nitrogens with zero attached hydrogens (tertiary/aromatic N) is 2. The van der Waals surface area contributed by atoms with E-state index in [1.165, 1.54) is 11.8 Å². The highest BCUT2D eigenvalue weighted by Gasteiger charge is 2.43. The summed E-state index contributed by atoms with van der Waals surface area (Å²) in [6.45, 7) is -0.474. The number of hydrogen-bond acceptors (Lipinski definition) is 7. The Morgan fingerprint density at radius 3 is 2.63 bits per heavy atom. The molecular formula is C19H23N3O5. The number of ether oxygens (including phenoxy) is 1. The van der Waals surface area contributed by atoms with Crippen molar-refractivity contribution in [3.63, 3.8) is 0 Å². The number of anilines is 1. The Hall–Kier alpha value is -2.52. The van der Waals surface area contributed by atoms with Crippen LogP contribution in [0.2, 0.25) is 0 Å². The fraction of sp³-hybridized carbons (Fsp3) is 0.368. The third-order valence-corrected chi connectivity index (χ3v) is 4.54. The first-order chi connectivity index (χ1) is 13.0. The van der Waals surface area contributed by atoms with Crippen molar-refractivity contribution < 1.29 is 20.1 Å². The van der Waals surface area contributed by atoms with Crippen LogP contribution in [0, 0.1) is 0 Å². The largest absolute Gasteiger partial charge is 0.394 e. The maximum Gasteiger partial charge on any atom is 0.351 e. The Morgan fingerprint density at radius 1 is 1.22 bits per heavy atom. The zero-order valence-electron chi connectivity index (χ0n) is 14.7. The molecular weight excluding hydrogens is 350 g/mol. The Morgan fingerprint density at radius 2 is 1.96 bits per heavy atom. The smallest absolute Gasteiger partial charge is 0.351 e. The average molecular weight is 373 g/mol. The van der Waals surface area contributed by atoms with E-state index in [2.05, 4.69) is 4.98 Å². The number of allylic oxidation sites excluding steroid dienone is 1. The Labute approximate surface area is 156 Å². The summed E-state index contributed by atoms with van der Waals surface area (Å²) < 4.78 is 6.47. The number of nitrogen functional groups attached to an aromatic ring is 1. The molecule has 3 rings (SSSR count). The van der Waals surface area contributed by atoms with Gasteiger partial charge in [0.25, 0.3) is 0 Å². The van der Waals surface area contributed by atoms with Crippen molar-refractivity contribution in [1.82, 2.24) is 9.55 Å². The highest BCUT2D eigenvalue weighted by Crippen LogP contribution is 2.28. The number of hydrogen-bond donors (Lipinski definition) is 4. The molecule has 2 heterocycles. The molecule has 1 aliphatic rings. The number of benzene rings is 1. The van der Waals surface area contributed by atoms with Crippen LogP contribution in [0.4, 0.5) is 5.82 Å². The fourth-order valence-corrected chi connectivity index (χ4v) is 3.02. The molecule has 1 saturated heterocycles. The van der Waals surface area contributed by atoms with E-state index in [0.717, 1.165) is 17.4 Å². The lowest BCUT2D eigenvalue weighted by atomic mass is 10.1. The molecule has 0 unspecified atom stereocenters. The van der Waals surface area contributed by atoms with E-state index in [-0.39, 0.29) is 5.82 Å². The summed E-state index contributed by atoms with van der Waals surface area (Å²) in [6.07, 6.45) is 1.97. The molecule has 1 aromatic carbocycles. The van der Waals surface area contributed by atoms with Gasteiger partial charge >= 0.3 is 5.69 Å². The van der Waals surface area contributed by atoms with Gasteiger partial charge in [-0.2, -0.15) is 4.98 Å². The molecule has 27 heavy (non-hydrogen) atoms. The number of rotatable bonds is 6. The van der Waals surface area contributed by atoms with Gasteiger partial charge in [0.05, 0.1) is 6.61 Å². The van der Waals surface area contributed by atoms with Gasteiger partial charge in [-0.3, -0.25) is 4.57 Å². The van der Waals surface area contributed by atoms with Gasteiger partial charge in [0, 0.05) is 11.8 Å². The normalized spacial score (nSPS) is 25.3. The van der Waals surface area contributed by atoms with Crippen LogP contribution < -0.4 is 11.4 Å². The quantitative estimate of drug-likeness (QED) is 0.564. The van der Waals surface area contributed by atoms with Crippen molar-refractivity contribution in [2.45, 2.75) is 37.4 Å². The van der Waals surface area contributed by atoms with Crippen molar-refractivity contribution in [1.29, 1.82) is 0 Å². The predicted octanol–water partition coefficient (Wildman–Crippen LogP) is 0.0830. The Balaban J connectivity index is 1.76. The number of aromatic nitrogens is 2. The van der Waals surface area contributed by atoms with Crippen LogP contribution in [0.15, 0.2) is 47.4 Å². The Kier molecular flexibility index (Phi) is 6.02. The van der Waals surface area contributed by atoms with Crippen molar-refractivity contribution in [3.8, 4) is 0 Å². The van der Waals surface area contributed by atoms with Gasteiger partial charge in [-0.15, -0.1) is 0 Å². The van der Waals surface area contributed by atoms with Gasteiger partial charge in [0.1, 0.15) is 24.1 Å². The van der Waals surface area contributed by atoms with Crippen LogP contribution in [0.5, 0.6) is 0 Å². The molecule has 0 aliphatic carbocycles. The molecule has 0 saturated carbocycles. The number of nitrogens with two attached hydrogens (primary N) is 1. The third kappa shape index (κ3) is 4.25. The Bertz CT molecular complexity index is 852. The van der Waals surface area contributed by atoms with Crippen LogP contribution in [-0.4, -0.2) is 49.8 Å². The van der Waals surface area contributed by atoms with E-state index in [1.54, 1.807) is 6.08 Å². The summed E-state index contributed by atoms with van der Waals surface area (Å²) in [5.74, 6) is 0.0685. The zero-order chi connectivity index (χ0) is 19.4. The van der Waals surface area contributed by atoms with Crippen molar-refractivity contribution in [3.05, 3.63) is 64.2 Å². The van der Waals surface area contributed by atoms with Crippen molar-refractivity contribution >= 4 is 11.9 Å². The average Bonchev–Trinajstić information content (AvgIpc) is 2.95. The second kappa shape index (κ2) is 8.45. The molecule has 4 atom stereocenters. The van der Waals surface area contributed by atoms with E-state index < -0.39 is 36.8 Å². The summed E-state index contributed by atoms with van der Waals surface area (Å²) in [5.41, 5.74) is 6.84. The molecule has 2 aromatic rings. The van der Waals surface area contributed by atoms with Gasteiger partial charge in [-0.1, -0.05) is 42.5 Å². The number of aliphatic hydroxyl groups excluding tert-OH is 3. The minimum absolute atomic E-state index is 0.0685. The van der Waals surface area contributed by atoms with E-state index in [1.807, 2.05) is 36.4 Å². The minimum atomic E-state index is -1.36. The first-order valence-corrected chi connectivity index (χ1v) is 8.73. The number of aryl methyl sites for hydroxylation is 1. The molecule has 144 valence electrons. The summed E-state index contributed by atoms with van der Waals surface area (Å²) in [4.78, 5) is 15.9. The predicted molar refractivity (Wildman–Crippen MR) is 99.7 cm³/mol. The number of aliphatic hydroxyl groups is 3. The fourth-order valence-electron chi connectivity index (χ4n) is 3.02. The minimum Gasteiger partial charge on any atom is -0.394 e. The standard InChI is InChI=1S/C19H23N3O5/c20-17-13(9-5-4-8-12-6-2-1-3-7-12)10-22(19(26)21-17)18-16(25)15(24)14(11-23)27-18/h1-3,5-7,9-10,14-16,18,23-25H,4,8,11H2,(H2,20,21,26)/b9-5+/t14-,15-,16-,18-/m1/s1. The zero-order valence-corrected chi connectivity index (χ0v) is 14.7. The monoisotopic (exact) mass is 373 g/mol. The molecule has 0 amide bonds. The summed E-state index contributed by atoms with van der Waals surface area (Å²) >= 11 is 0. The lowest BCUT2D eigenvalue weighted by Gasteiger charge is -2.18. The molecule has 5 N–H and O–H groups in total. The van der Waals surface area contributed by atoms with E-state index in [9.17, 15) is 20.1 Å². The maximum atomic E-state index is 12.2. The second-order valence-corrected chi connectivity index (χ2v) is 6.43. The van der Waals surface area contributed by atoms with Gasteiger partial charge < -0.3 is 25.8 Å². The van der Waals surface area contributed by atoms with Crippen LogP contribution >= 0.6 is 0 Å². The SMILES string of the molecule is Nc1nc(=O)n([C@@H]2O[C@H](CO)[C@@H](O)[C@H]2O)cc1/C=C/CCc1ccccc1. The van der Waals surface area contributed by atoms with Gasteiger partial charge in [0.2, 0.25) is 0 Å². The summed E-state index contributed by atoms with van der Waals surface area (Å²) in [5, 5.41) is 29.2. The maximum absolute atomic E-state index is 12.2. The lowest BCUT2D eigenvalue weighted by molar-refractivity contribution is -0.0549. The van der Waals surface area contributed by atoms with Crippen LogP contribution in [-0.2, 0) is 11.2 Å². The molecule has 1 fully saturated rings. The van der Waals surface area contributed by atoms with E-state index in [4.69, 9.17) is 10.5 Å². The highest BCUT2D eigenvalue weighted by atomic mass is 16.6. The van der Waals surface area contributed by atoms with Crippen LogP contribution in [0.1, 0.15) is 23.8 Å². The van der Waals surface area contributed by atoms with Crippen LogP contribution in [0.3, 0.4) is 0 Å². The molecule has 8 heteroatoms. The van der Waals surface area contributed by atoms with Gasteiger partial charge in [-0.05, 0) is 18.4 Å². The van der Waals surface area contributed by atoms with Crippen molar-refractivity contribution in [2.24, 2.45) is 0 Å². The van der Waals surface area contributed by atoms with Crippen molar-refractivity contribution in [2.75, 3.05) is 12.3 Å². The second-order valence-electron chi connectivity index (χ2n) is 6.43. The summed E-state index contributed by atoms with van der Waals surface area (Å²) in [7, 11) is 0. The third-order valence-electron chi connectivity index (χ3n) is 4.54. The highest BCUT2D eigenvalue weighted by molar-refractivity contribution is 5.59. The van der Waals surface area contributed by atoms with Gasteiger partial charge in [0.15, 0.2) is 6.23 Å². The van der Waals surface area contributed by atoms with Gasteiger partial charge in [-0.25, -0.2) is 4.79 Å². The molecule has 0 spiro atoms. The molecule has 8 nitrogen and oxygen atoms in total. The topological polar surface area (TPSA) is 131 Å². The van der Waals surface area contributed by atoms with Crippen LogP contribution in [0.25, 0.3) is 6.08 Å².